The Kier molecular flexibility index (Phi) is 5.21. The molecular formula is C14H15N5O4S. The molecule has 2 aromatic rings. The lowest BCUT2D eigenvalue weighted by molar-refractivity contribution is -0.114. The topological polar surface area (TPSA) is 130 Å². The molecule has 0 bridgehead atoms. The zero-order valence-corrected chi connectivity index (χ0v) is 13.7. The molecule has 24 heavy (non-hydrogen) atoms. The van der Waals surface area contributed by atoms with Crippen molar-refractivity contribution in [3.05, 3.63) is 48.0 Å². The minimum absolute atomic E-state index is 0.0380. The first-order valence-corrected chi connectivity index (χ1v) is 8.24. The van der Waals surface area contributed by atoms with Crippen molar-refractivity contribution in [2.75, 3.05) is 5.32 Å². The standard InChI is InChI=1S/C14H15N5O4S/c1-9-3-4-11(17-10(2)20)7-13(9)24(22,23)19-18-14(21)12-8-15-5-6-16-12/h3-8,19H,1-2H3,(H,17,20)(H,18,21). The Bertz CT molecular complexity index is 868. The summed E-state index contributed by atoms with van der Waals surface area (Å²) >= 11 is 0. The van der Waals surface area contributed by atoms with Gasteiger partial charge in [0.2, 0.25) is 5.91 Å². The number of nitrogens with zero attached hydrogens (tertiary/aromatic N) is 2. The lowest BCUT2D eigenvalue weighted by Gasteiger charge is -2.12. The van der Waals surface area contributed by atoms with Gasteiger partial charge in [0, 0.05) is 25.0 Å². The van der Waals surface area contributed by atoms with Crippen LogP contribution in [0.1, 0.15) is 23.0 Å². The van der Waals surface area contributed by atoms with Crippen molar-refractivity contribution in [2.24, 2.45) is 0 Å². The number of amides is 2. The largest absolute Gasteiger partial charge is 0.326 e. The van der Waals surface area contributed by atoms with Crippen molar-refractivity contribution in [3.63, 3.8) is 0 Å². The van der Waals surface area contributed by atoms with Crippen LogP contribution in [0.2, 0.25) is 0 Å². The molecule has 126 valence electrons. The van der Waals surface area contributed by atoms with Gasteiger partial charge in [-0.1, -0.05) is 6.07 Å². The van der Waals surface area contributed by atoms with Gasteiger partial charge in [0.05, 0.1) is 11.1 Å². The number of aromatic nitrogens is 2. The van der Waals surface area contributed by atoms with Gasteiger partial charge in [-0.3, -0.25) is 20.0 Å². The van der Waals surface area contributed by atoms with E-state index in [0.29, 0.717) is 11.3 Å². The number of carbonyl (C=O) groups is 2. The third-order valence-electron chi connectivity index (χ3n) is 2.89. The first kappa shape index (κ1) is 17.5. The van der Waals surface area contributed by atoms with Crippen LogP contribution in [0.5, 0.6) is 0 Å². The van der Waals surface area contributed by atoms with E-state index in [4.69, 9.17) is 0 Å². The minimum Gasteiger partial charge on any atom is -0.326 e. The summed E-state index contributed by atoms with van der Waals surface area (Å²) in [5, 5.41) is 2.50. The summed E-state index contributed by atoms with van der Waals surface area (Å²) in [6.07, 6.45) is 3.90. The summed E-state index contributed by atoms with van der Waals surface area (Å²) in [6.45, 7) is 2.91. The SMILES string of the molecule is CC(=O)Nc1ccc(C)c(S(=O)(=O)NNC(=O)c2cnccn2)c1. The third-order valence-corrected chi connectivity index (χ3v) is 4.28. The number of rotatable bonds is 5. The van der Waals surface area contributed by atoms with Crippen molar-refractivity contribution >= 4 is 27.5 Å². The van der Waals surface area contributed by atoms with Crippen LogP contribution in [0, 0.1) is 6.92 Å². The zero-order valence-electron chi connectivity index (χ0n) is 12.9. The Morgan fingerprint density at radius 3 is 2.54 bits per heavy atom. The number of hydrogen-bond acceptors (Lipinski definition) is 6. The minimum atomic E-state index is -4.03. The lowest BCUT2D eigenvalue weighted by Crippen LogP contribution is -2.42. The summed E-state index contributed by atoms with van der Waals surface area (Å²) in [5.41, 5.74) is 2.80. The molecule has 0 aliphatic rings. The molecule has 1 aromatic carbocycles. The van der Waals surface area contributed by atoms with Crippen LogP contribution in [0.15, 0.2) is 41.7 Å². The van der Waals surface area contributed by atoms with Crippen molar-refractivity contribution in [3.8, 4) is 0 Å². The third kappa shape index (κ3) is 4.33. The quantitative estimate of drug-likeness (QED) is 0.669. The van der Waals surface area contributed by atoms with E-state index in [1.54, 1.807) is 19.1 Å². The van der Waals surface area contributed by atoms with Crippen LogP contribution in [-0.2, 0) is 14.8 Å². The second-order valence-corrected chi connectivity index (χ2v) is 6.46. The molecule has 2 rings (SSSR count). The molecular weight excluding hydrogens is 334 g/mol. The molecule has 10 heteroatoms. The van der Waals surface area contributed by atoms with Crippen molar-refractivity contribution < 1.29 is 18.0 Å². The highest BCUT2D eigenvalue weighted by molar-refractivity contribution is 7.89. The predicted molar refractivity (Wildman–Crippen MR) is 85.3 cm³/mol. The van der Waals surface area contributed by atoms with Crippen molar-refractivity contribution in [1.29, 1.82) is 0 Å². The number of benzene rings is 1. The second kappa shape index (κ2) is 7.15. The van der Waals surface area contributed by atoms with E-state index in [9.17, 15) is 18.0 Å². The molecule has 0 atom stereocenters. The second-order valence-electron chi connectivity index (χ2n) is 4.81. The van der Waals surface area contributed by atoms with Gasteiger partial charge in [-0.15, -0.1) is 4.83 Å². The van der Waals surface area contributed by atoms with E-state index in [0.717, 1.165) is 0 Å². The van der Waals surface area contributed by atoms with E-state index >= 15 is 0 Å². The lowest BCUT2D eigenvalue weighted by atomic mass is 10.2. The highest BCUT2D eigenvalue weighted by Gasteiger charge is 2.19. The maximum atomic E-state index is 12.4. The van der Waals surface area contributed by atoms with Gasteiger partial charge in [0.25, 0.3) is 15.9 Å². The molecule has 0 saturated heterocycles. The highest BCUT2D eigenvalue weighted by Crippen LogP contribution is 2.19. The smallest absolute Gasteiger partial charge is 0.286 e. The van der Waals surface area contributed by atoms with Crippen LogP contribution < -0.4 is 15.6 Å². The fourth-order valence-corrected chi connectivity index (χ4v) is 2.93. The van der Waals surface area contributed by atoms with Crippen molar-refractivity contribution in [1.82, 2.24) is 20.2 Å². The van der Waals surface area contributed by atoms with E-state index in [1.807, 2.05) is 4.83 Å². The monoisotopic (exact) mass is 349 g/mol. The van der Waals surface area contributed by atoms with Crippen LogP contribution in [0.4, 0.5) is 5.69 Å². The highest BCUT2D eigenvalue weighted by atomic mass is 32.2. The van der Waals surface area contributed by atoms with Gasteiger partial charge in [-0.05, 0) is 24.6 Å². The first-order valence-electron chi connectivity index (χ1n) is 6.76. The zero-order chi connectivity index (χ0) is 17.7. The van der Waals surface area contributed by atoms with E-state index in [2.05, 4.69) is 20.7 Å². The van der Waals surface area contributed by atoms with Crippen LogP contribution in [-0.4, -0.2) is 30.2 Å². The summed E-state index contributed by atoms with van der Waals surface area (Å²) in [4.78, 5) is 32.3. The van der Waals surface area contributed by atoms with Crippen LogP contribution >= 0.6 is 0 Å². The number of nitrogens with one attached hydrogen (secondary N) is 3. The first-order chi connectivity index (χ1) is 11.3. The Morgan fingerprint density at radius 1 is 1.17 bits per heavy atom. The van der Waals surface area contributed by atoms with Crippen LogP contribution in [0.3, 0.4) is 0 Å². The van der Waals surface area contributed by atoms with Crippen molar-refractivity contribution in [2.45, 2.75) is 18.7 Å². The van der Waals surface area contributed by atoms with E-state index < -0.39 is 15.9 Å². The summed E-state index contributed by atoms with van der Waals surface area (Å²) in [7, 11) is -4.03. The molecule has 0 aliphatic heterocycles. The Balaban J connectivity index is 2.18. The Hall–Kier alpha value is -2.85. The molecule has 0 unspecified atom stereocenters. The molecule has 0 radical (unpaired) electrons. The predicted octanol–water partition coefficient (Wildman–Crippen LogP) is 0.367. The molecule has 1 aromatic heterocycles. The number of anilines is 1. The average molecular weight is 349 g/mol. The van der Waals surface area contributed by atoms with Gasteiger partial charge in [-0.2, -0.15) is 0 Å². The number of sulfonamides is 1. The summed E-state index contributed by atoms with van der Waals surface area (Å²) < 4.78 is 24.7. The molecule has 0 saturated carbocycles. The number of aryl methyl sites for hydroxylation is 1. The molecule has 3 N–H and O–H groups in total. The fourth-order valence-electron chi connectivity index (χ4n) is 1.82. The Morgan fingerprint density at radius 2 is 1.92 bits per heavy atom. The average Bonchev–Trinajstić information content (AvgIpc) is 2.54. The Labute approximate surface area is 138 Å². The van der Waals surface area contributed by atoms with E-state index in [-0.39, 0.29) is 16.5 Å². The van der Waals surface area contributed by atoms with Gasteiger partial charge in [0.15, 0.2) is 0 Å². The summed E-state index contributed by atoms with van der Waals surface area (Å²) in [5.74, 6) is -1.08. The van der Waals surface area contributed by atoms with E-state index in [1.165, 1.54) is 31.6 Å². The van der Waals surface area contributed by atoms with Crippen LogP contribution in [0.25, 0.3) is 0 Å². The van der Waals surface area contributed by atoms with Gasteiger partial charge in [0.1, 0.15) is 5.69 Å². The number of carbonyl (C=O) groups excluding carboxylic acids is 2. The maximum Gasteiger partial charge on any atom is 0.286 e. The fraction of sp³-hybridized carbons (Fsp3) is 0.143. The molecule has 2 amide bonds. The molecule has 0 fully saturated rings. The number of hydrazine groups is 1. The normalized spacial score (nSPS) is 10.9. The summed E-state index contributed by atoms with van der Waals surface area (Å²) in [6, 6.07) is 4.42. The molecule has 9 nitrogen and oxygen atoms in total. The molecule has 0 aliphatic carbocycles. The molecule has 1 heterocycles. The van der Waals surface area contributed by atoms with Gasteiger partial charge >= 0.3 is 0 Å². The molecule has 0 spiro atoms. The maximum absolute atomic E-state index is 12.4. The number of hydrogen-bond donors (Lipinski definition) is 3. The van der Waals surface area contributed by atoms with Gasteiger partial charge < -0.3 is 5.32 Å². The van der Waals surface area contributed by atoms with Gasteiger partial charge in [-0.25, -0.2) is 13.4 Å².